The molecule has 0 amide bonds. The van der Waals surface area contributed by atoms with Crippen molar-refractivity contribution in [1.82, 2.24) is 4.90 Å². The molecule has 0 fully saturated rings. The van der Waals surface area contributed by atoms with Crippen LogP contribution in [0, 0.1) is 5.92 Å². The molecule has 0 spiro atoms. The molecule has 0 aromatic carbocycles. The van der Waals surface area contributed by atoms with Crippen LogP contribution in [-0.4, -0.2) is 30.0 Å². The standard InChI is InChI=1S/C11H23NO2.Na/c1-5-7-12(8-6-2)10(9(3)4)11(13)14;/h9-10H,5-8H2,1-4H3,(H,13,14);/q;+1/p-1. The Labute approximate surface area is 116 Å². The van der Waals surface area contributed by atoms with Gasteiger partial charge in [-0.05, 0) is 31.8 Å². The SMILES string of the molecule is CCCN(CCC)C(C(=O)[O-])C(C)C.[Na+]. The van der Waals surface area contributed by atoms with Crippen molar-refractivity contribution in [2.24, 2.45) is 5.92 Å². The summed E-state index contributed by atoms with van der Waals surface area (Å²) in [6.07, 6.45) is 1.97. The van der Waals surface area contributed by atoms with E-state index >= 15 is 0 Å². The van der Waals surface area contributed by atoms with E-state index in [9.17, 15) is 9.90 Å². The van der Waals surface area contributed by atoms with Crippen molar-refractivity contribution >= 4 is 5.97 Å². The summed E-state index contributed by atoms with van der Waals surface area (Å²) in [7, 11) is 0. The van der Waals surface area contributed by atoms with Gasteiger partial charge in [0, 0.05) is 0 Å². The normalized spacial score (nSPS) is 12.7. The van der Waals surface area contributed by atoms with Crippen LogP contribution in [0.15, 0.2) is 0 Å². The van der Waals surface area contributed by atoms with Crippen LogP contribution in [0.3, 0.4) is 0 Å². The minimum absolute atomic E-state index is 0. The zero-order valence-electron chi connectivity index (χ0n) is 10.7. The molecule has 0 aromatic heterocycles. The van der Waals surface area contributed by atoms with E-state index in [0.29, 0.717) is 0 Å². The molecule has 0 bridgehead atoms. The summed E-state index contributed by atoms with van der Waals surface area (Å²) in [4.78, 5) is 13.0. The smallest absolute Gasteiger partial charge is 0.548 e. The van der Waals surface area contributed by atoms with Crippen molar-refractivity contribution in [2.45, 2.75) is 46.6 Å². The maximum atomic E-state index is 11.0. The zero-order valence-corrected chi connectivity index (χ0v) is 12.7. The molecule has 0 aliphatic rings. The summed E-state index contributed by atoms with van der Waals surface area (Å²) in [5.74, 6) is -0.833. The molecule has 0 saturated heterocycles. The van der Waals surface area contributed by atoms with Crippen LogP contribution in [0.5, 0.6) is 0 Å². The van der Waals surface area contributed by atoms with Crippen LogP contribution in [0.1, 0.15) is 40.5 Å². The molecule has 15 heavy (non-hydrogen) atoms. The van der Waals surface area contributed by atoms with Crippen LogP contribution in [-0.2, 0) is 4.79 Å². The quantitative estimate of drug-likeness (QED) is 0.464. The van der Waals surface area contributed by atoms with E-state index in [1.807, 2.05) is 18.7 Å². The maximum absolute atomic E-state index is 11.0. The van der Waals surface area contributed by atoms with Gasteiger partial charge < -0.3 is 9.90 Å². The summed E-state index contributed by atoms with van der Waals surface area (Å²) in [5, 5.41) is 11.0. The number of carboxylic acid groups (broad SMARTS) is 1. The zero-order chi connectivity index (χ0) is 11.1. The number of rotatable bonds is 7. The molecule has 0 rings (SSSR count). The Morgan fingerprint density at radius 2 is 1.60 bits per heavy atom. The van der Waals surface area contributed by atoms with E-state index in [2.05, 4.69) is 13.8 Å². The van der Waals surface area contributed by atoms with Crippen LogP contribution in [0.25, 0.3) is 0 Å². The first-order chi connectivity index (χ1) is 6.54. The molecular weight excluding hydrogens is 201 g/mol. The molecule has 1 atom stereocenters. The molecule has 0 heterocycles. The van der Waals surface area contributed by atoms with Gasteiger partial charge >= 0.3 is 29.6 Å². The third-order valence-corrected chi connectivity index (χ3v) is 2.29. The van der Waals surface area contributed by atoms with Crippen LogP contribution < -0.4 is 34.7 Å². The molecule has 0 radical (unpaired) electrons. The van der Waals surface area contributed by atoms with E-state index in [-0.39, 0.29) is 35.5 Å². The fourth-order valence-electron chi connectivity index (χ4n) is 1.81. The van der Waals surface area contributed by atoms with Crippen molar-refractivity contribution in [2.75, 3.05) is 13.1 Å². The number of hydrogen-bond donors (Lipinski definition) is 0. The van der Waals surface area contributed by atoms with Gasteiger partial charge in [-0.25, -0.2) is 0 Å². The first-order valence-corrected chi connectivity index (χ1v) is 5.49. The Morgan fingerprint density at radius 1 is 1.20 bits per heavy atom. The van der Waals surface area contributed by atoms with Crippen molar-refractivity contribution in [3.05, 3.63) is 0 Å². The van der Waals surface area contributed by atoms with Gasteiger partial charge in [0.1, 0.15) is 0 Å². The summed E-state index contributed by atoms with van der Waals surface area (Å²) < 4.78 is 0. The van der Waals surface area contributed by atoms with E-state index < -0.39 is 12.0 Å². The van der Waals surface area contributed by atoms with Gasteiger partial charge in [0.2, 0.25) is 0 Å². The fraction of sp³-hybridized carbons (Fsp3) is 0.909. The molecule has 3 nitrogen and oxygen atoms in total. The average Bonchev–Trinajstić information content (AvgIpc) is 2.03. The topological polar surface area (TPSA) is 43.4 Å². The average molecular weight is 223 g/mol. The Morgan fingerprint density at radius 3 is 1.80 bits per heavy atom. The fourth-order valence-corrected chi connectivity index (χ4v) is 1.81. The number of carbonyl (C=O) groups is 1. The molecule has 0 aliphatic heterocycles. The van der Waals surface area contributed by atoms with E-state index in [0.717, 1.165) is 25.9 Å². The predicted molar refractivity (Wildman–Crippen MR) is 55.8 cm³/mol. The molecule has 0 N–H and O–H groups in total. The summed E-state index contributed by atoms with van der Waals surface area (Å²) in [6, 6.07) is -0.435. The summed E-state index contributed by atoms with van der Waals surface area (Å²) in [5.41, 5.74) is 0. The number of hydrogen-bond acceptors (Lipinski definition) is 3. The number of nitrogens with zero attached hydrogens (tertiary/aromatic N) is 1. The van der Waals surface area contributed by atoms with Gasteiger partial charge in [-0.3, -0.25) is 4.90 Å². The van der Waals surface area contributed by atoms with Crippen molar-refractivity contribution in [3.63, 3.8) is 0 Å². The minimum atomic E-state index is -0.943. The van der Waals surface area contributed by atoms with Crippen LogP contribution in [0.4, 0.5) is 0 Å². The van der Waals surface area contributed by atoms with Gasteiger partial charge in [0.25, 0.3) is 0 Å². The van der Waals surface area contributed by atoms with Gasteiger partial charge in [0.05, 0.1) is 12.0 Å². The second-order valence-electron chi connectivity index (χ2n) is 4.04. The number of aliphatic carboxylic acids is 1. The van der Waals surface area contributed by atoms with Crippen molar-refractivity contribution in [1.29, 1.82) is 0 Å². The molecule has 0 aliphatic carbocycles. The molecule has 4 heteroatoms. The largest absolute Gasteiger partial charge is 1.00 e. The van der Waals surface area contributed by atoms with E-state index in [1.165, 1.54) is 0 Å². The molecule has 0 saturated carbocycles. The number of carbonyl (C=O) groups excluding carboxylic acids is 1. The monoisotopic (exact) mass is 223 g/mol. The Hall–Kier alpha value is 0.430. The second kappa shape index (κ2) is 9.64. The molecule has 84 valence electrons. The Bertz CT molecular complexity index is 168. The van der Waals surface area contributed by atoms with Gasteiger partial charge in [-0.2, -0.15) is 0 Å². The first kappa shape index (κ1) is 17.8. The second-order valence-corrected chi connectivity index (χ2v) is 4.04. The van der Waals surface area contributed by atoms with Crippen LogP contribution in [0.2, 0.25) is 0 Å². The van der Waals surface area contributed by atoms with Gasteiger partial charge in [-0.1, -0.05) is 27.7 Å². The molecular formula is C11H22NNaO2. The molecule has 1 unspecified atom stereocenters. The van der Waals surface area contributed by atoms with Gasteiger partial charge in [0.15, 0.2) is 0 Å². The first-order valence-electron chi connectivity index (χ1n) is 5.49. The van der Waals surface area contributed by atoms with Crippen molar-refractivity contribution in [3.8, 4) is 0 Å². The predicted octanol–water partition coefficient (Wildman–Crippen LogP) is -2.11. The van der Waals surface area contributed by atoms with E-state index in [1.54, 1.807) is 0 Å². The number of carboxylic acids is 1. The van der Waals surface area contributed by atoms with E-state index in [4.69, 9.17) is 0 Å². The van der Waals surface area contributed by atoms with Gasteiger partial charge in [-0.15, -0.1) is 0 Å². The third-order valence-electron chi connectivity index (χ3n) is 2.29. The molecule has 0 aromatic rings. The van der Waals surface area contributed by atoms with Crippen LogP contribution >= 0.6 is 0 Å². The minimum Gasteiger partial charge on any atom is -0.548 e. The summed E-state index contributed by atoms with van der Waals surface area (Å²) in [6.45, 7) is 9.66. The Balaban J connectivity index is 0. The third kappa shape index (κ3) is 6.56. The summed E-state index contributed by atoms with van der Waals surface area (Å²) >= 11 is 0. The van der Waals surface area contributed by atoms with Crippen molar-refractivity contribution < 1.29 is 39.5 Å². The maximum Gasteiger partial charge on any atom is 1.00 e. The Kier molecular flexibility index (Phi) is 11.4.